The average molecular weight is 351 g/mol. The summed E-state index contributed by atoms with van der Waals surface area (Å²) < 4.78 is 5.97. The molecular formula is C20H25N5O+2. The van der Waals surface area contributed by atoms with Crippen LogP contribution in [0.15, 0.2) is 53.1 Å². The predicted molar refractivity (Wildman–Crippen MR) is 98.8 cm³/mol. The van der Waals surface area contributed by atoms with Crippen molar-refractivity contribution in [3.05, 3.63) is 60.1 Å². The van der Waals surface area contributed by atoms with E-state index < -0.39 is 0 Å². The number of quaternary nitrogens is 1. The van der Waals surface area contributed by atoms with Crippen molar-refractivity contribution in [3.63, 3.8) is 0 Å². The van der Waals surface area contributed by atoms with Gasteiger partial charge in [-0.1, -0.05) is 23.8 Å². The van der Waals surface area contributed by atoms with E-state index in [1.807, 2.05) is 24.4 Å². The van der Waals surface area contributed by atoms with E-state index in [9.17, 15) is 0 Å². The summed E-state index contributed by atoms with van der Waals surface area (Å²) in [5.41, 5.74) is 2.20. The monoisotopic (exact) mass is 351 g/mol. The summed E-state index contributed by atoms with van der Waals surface area (Å²) in [7, 11) is 0. The van der Waals surface area contributed by atoms with Gasteiger partial charge in [0.05, 0.1) is 6.20 Å². The standard InChI is InChI=1S/C20H23N5O/c1-15-6-8-17(9-7-15)20-23-22-19(26-20)16(2)24-11-13-25(14-12-24)18-5-3-4-10-21-18/h3-10,16H,11-14H2,1-2H3/p+2/t16-/m1/s1. The van der Waals surface area contributed by atoms with Crippen molar-refractivity contribution in [3.8, 4) is 11.5 Å². The molecule has 3 aromatic rings. The highest BCUT2D eigenvalue weighted by molar-refractivity contribution is 5.52. The fourth-order valence-corrected chi connectivity index (χ4v) is 3.45. The van der Waals surface area contributed by atoms with E-state index in [2.05, 4.69) is 58.2 Å². The third-order valence-electron chi connectivity index (χ3n) is 5.16. The Morgan fingerprint density at radius 2 is 1.85 bits per heavy atom. The molecule has 26 heavy (non-hydrogen) atoms. The fraction of sp³-hybridized carbons (Fsp3) is 0.350. The summed E-state index contributed by atoms with van der Waals surface area (Å²) in [6.07, 6.45) is 1.97. The lowest BCUT2D eigenvalue weighted by Crippen LogP contribution is -3.14. The molecule has 134 valence electrons. The van der Waals surface area contributed by atoms with Gasteiger partial charge in [-0.25, -0.2) is 4.98 Å². The summed E-state index contributed by atoms with van der Waals surface area (Å²) in [6, 6.07) is 14.6. The van der Waals surface area contributed by atoms with Crippen LogP contribution >= 0.6 is 0 Å². The van der Waals surface area contributed by atoms with Crippen LogP contribution in [0, 0.1) is 6.92 Å². The number of aryl methyl sites for hydroxylation is 1. The lowest BCUT2D eigenvalue weighted by Gasteiger charge is -2.30. The highest BCUT2D eigenvalue weighted by Gasteiger charge is 2.32. The maximum atomic E-state index is 5.97. The van der Waals surface area contributed by atoms with E-state index in [1.165, 1.54) is 16.3 Å². The molecule has 1 aromatic carbocycles. The Labute approximate surface area is 153 Å². The molecule has 1 fully saturated rings. The first kappa shape index (κ1) is 16.7. The van der Waals surface area contributed by atoms with Gasteiger partial charge in [-0.05, 0) is 32.0 Å². The maximum absolute atomic E-state index is 5.97. The molecule has 6 nitrogen and oxygen atoms in total. The van der Waals surface area contributed by atoms with Gasteiger partial charge in [0.25, 0.3) is 11.7 Å². The van der Waals surface area contributed by atoms with Crippen LogP contribution in [-0.2, 0) is 0 Å². The van der Waals surface area contributed by atoms with Gasteiger partial charge in [-0.3, -0.25) is 4.90 Å². The molecule has 1 aliphatic rings. The first-order valence-electron chi connectivity index (χ1n) is 9.17. The summed E-state index contributed by atoms with van der Waals surface area (Å²) in [5, 5.41) is 8.56. The molecule has 1 saturated heterocycles. The number of benzene rings is 1. The molecule has 2 aromatic heterocycles. The minimum absolute atomic E-state index is 0.198. The molecular weight excluding hydrogens is 326 g/mol. The first-order chi connectivity index (χ1) is 12.7. The number of aromatic nitrogens is 3. The van der Waals surface area contributed by atoms with Crippen molar-refractivity contribution in [2.75, 3.05) is 31.1 Å². The molecule has 1 atom stereocenters. The van der Waals surface area contributed by atoms with Crippen LogP contribution in [-0.4, -0.2) is 36.4 Å². The second-order valence-electron chi connectivity index (χ2n) is 6.93. The molecule has 0 unspecified atom stereocenters. The lowest BCUT2D eigenvalue weighted by molar-refractivity contribution is -0.931. The minimum atomic E-state index is 0.198. The number of nitrogens with one attached hydrogen (secondary N) is 2. The van der Waals surface area contributed by atoms with Gasteiger partial charge in [-0.15, -0.1) is 10.2 Å². The summed E-state index contributed by atoms with van der Waals surface area (Å²) in [4.78, 5) is 7.19. The van der Waals surface area contributed by atoms with Gasteiger partial charge in [0.2, 0.25) is 5.89 Å². The molecule has 3 heterocycles. The van der Waals surface area contributed by atoms with Gasteiger partial charge < -0.3 is 9.32 Å². The Bertz CT molecular complexity index is 838. The third-order valence-corrected chi connectivity index (χ3v) is 5.16. The van der Waals surface area contributed by atoms with Crippen LogP contribution in [0.2, 0.25) is 0 Å². The smallest absolute Gasteiger partial charge is 0.274 e. The lowest BCUT2D eigenvalue weighted by atomic mass is 10.1. The number of hydrogen-bond acceptors (Lipinski definition) is 4. The number of nitrogens with zero attached hydrogens (tertiary/aromatic N) is 3. The van der Waals surface area contributed by atoms with Gasteiger partial charge in [0, 0.05) is 11.6 Å². The second kappa shape index (κ2) is 7.25. The number of rotatable bonds is 4. The molecule has 0 radical (unpaired) electrons. The highest BCUT2D eigenvalue weighted by Crippen LogP contribution is 2.20. The Kier molecular flexibility index (Phi) is 4.67. The van der Waals surface area contributed by atoms with Crippen LogP contribution in [0.4, 0.5) is 5.82 Å². The van der Waals surface area contributed by atoms with E-state index in [-0.39, 0.29) is 6.04 Å². The number of pyridine rings is 1. The molecule has 6 heteroatoms. The van der Waals surface area contributed by atoms with Crippen molar-refractivity contribution >= 4 is 5.82 Å². The Morgan fingerprint density at radius 3 is 2.54 bits per heavy atom. The van der Waals surface area contributed by atoms with E-state index in [0.717, 1.165) is 37.6 Å². The number of piperazine rings is 1. The molecule has 0 bridgehead atoms. The molecule has 4 rings (SSSR count). The van der Waals surface area contributed by atoms with Gasteiger partial charge in [0.1, 0.15) is 26.2 Å². The van der Waals surface area contributed by atoms with Crippen LogP contribution in [0.25, 0.3) is 11.5 Å². The topological polar surface area (TPSA) is 60.7 Å². The Morgan fingerprint density at radius 1 is 1.08 bits per heavy atom. The highest BCUT2D eigenvalue weighted by atomic mass is 16.4. The van der Waals surface area contributed by atoms with Gasteiger partial charge >= 0.3 is 0 Å². The molecule has 2 N–H and O–H groups in total. The number of hydrogen-bond donors (Lipinski definition) is 1. The molecule has 0 spiro atoms. The number of aromatic amines is 1. The predicted octanol–water partition coefficient (Wildman–Crippen LogP) is 1.33. The normalized spacial score (nSPS) is 16.6. The van der Waals surface area contributed by atoms with Crippen molar-refractivity contribution in [2.24, 2.45) is 0 Å². The summed E-state index contributed by atoms with van der Waals surface area (Å²) in [5.74, 6) is 2.50. The van der Waals surface area contributed by atoms with Crippen LogP contribution in [0.3, 0.4) is 0 Å². The summed E-state index contributed by atoms with van der Waals surface area (Å²) in [6.45, 7) is 8.37. The SMILES string of the molecule is Cc1ccc(-c2nnc([C@@H](C)[NH+]3CCN(c4cccc[nH+]4)CC3)o2)cc1. The Hall–Kier alpha value is -2.73. The maximum Gasteiger partial charge on any atom is 0.274 e. The second-order valence-corrected chi connectivity index (χ2v) is 6.93. The quantitative estimate of drug-likeness (QED) is 0.770. The van der Waals surface area contributed by atoms with E-state index in [0.29, 0.717) is 5.89 Å². The van der Waals surface area contributed by atoms with Crippen LogP contribution < -0.4 is 14.8 Å². The fourth-order valence-electron chi connectivity index (χ4n) is 3.45. The minimum Gasteiger partial charge on any atom is -0.415 e. The zero-order chi connectivity index (χ0) is 17.9. The van der Waals surface area contributed by atoms with Crippen molar-refractivity contribution in [1.82, 2.24) is 10.2 Å². The number of H-pyrrole nitrogens is 1. The zero-order valence-corrected chi connectivity index (χ0v) is 15.3. The molecule has 0 saturated carbocycles. The number of anilines is 1. The zero-order valence-electron chi connectivity index (χ0n) is 15.3. The van der Waals surface area contributed by atoms with Crippen LogP contribution in [0.5, 0.6) is 0 Å². The van der Waals surface area contributed by atoms with Crippen LogP contribution in [0.1, 0.15) is 24.4 Å². The van der Waals surface area contributed by atoms with Crippen molar-refractivity contribution in [2.45, 2.75) is 19.9 Å². The molecule has 0 amide bonds. The average Bonchev–Trinajstić information content (AvgIpc) is 3.19. The Balaban J connectivity index is 1.41. The third kappa shape index (κ3) is 3.46. The molecule has 0 aliphatic carbocycles. The van der Waals surface area contributed by atoms with E-state index >= 15 is 0 Å². The van der Waals surface area contributed by atoms with Crippen molar-refractivity contribution < 1.29 is 14.3 Å². The van der Waals surface area contributed by atoms with E-state index in [4.69, 9.17) is 4.42 Å². The van der Waals surface area contributed by atoms with Gasteiger partial charge in [0.15, 0.2) is 6.04 Å². The van der Waals surface area contributed by atoms with Gasteiger partial charge in [-0.2, -0.15) is 0 Å². The first-order valence-corrected chi connectivity index (χ1v) is 9.17. The van der Waals surface area contributed by atoms with E-state index in [1.54, 1.807) is 0 Å². The largest absolute Gasteiger partial charge is 0.415 e. The summed E-state index contributed by atoms with van der Waals surface area (Å²) >= 11 is 0. The van der Waals surface area contributed by atoms with Crippen molar-refractivity contribution in [1.29, 1.82) is 0 Å². The molecule has 1 aliphatic heterocycles.